The van der Waals surface area contributed by atoms with E-state index < -0.39 is 63.8 Å². The Morgan fingerprint density at radius 2 is 1.80 bits per heavy atom. The number of hydrogen-bond acceptors (Lipinski definition) is 8. The summed E-state index contributed by atoms with van der Waals surface area (Å²) in [5.74, 6) is -2.42. The number of ether oxygens (including phenoxy) is 2. The topological polar surface area (TPSA) is 128 Å². The minimum Gasteiger partial charge on any atom is -0.474 e. The zero-order valence-corrected chi connectivity index (χ0v) is 27.0. The first-order valence-electron chi connectivity index (χ1n) is 15.5. The monoisotopic (exact) mass is 713 g/mol. The Morgan fingerprint density at radius 3 is 2.43 bits per heavy atom. The number of nitrogens with zero attached hydrogens (tertiary/aromatic N) is 4. The van der Waals surface area contributed by atoms with Gasteiger partial charge in [0.25, 0.3) is 17.7 Å². The zero-order valence-electron chi connectivity index (χ0n) is 26.2. The molecule has 5 heterocycles. The molecular formula is C32H33F6N5O5S. The van der Waals surface area contributed by atoms with Crippen LogP contribution in [0.25, 0.3) is 0 Å². The molecule has 0 aliphatic carbocycles. The second-order valence-electron chi connectivity index (χ2n) is 11.8. The van der Waals surface area contributed by atoms with E-state index in [-0.39, 0.29) is 56.2 Å². The first kappa shape index (κ1) is 35.9. The molecule has 0 radical (unpaired) electrons. The maximum Gasteiger partial charge on any atom is 0.425 e. The molecule has 17 heteroatoms. The summed E-state index contributed by atoms with van der Waals surface area (Å²) in [4.78, 5) is 49.6. The molecule has 0 aromatic carbocycles. The van der Waals surface area contributed by atoms with Gasteiger partial charge in [-0.15, -0.1) is 11.3 Å². The Hall–Kier alpha value is -4.41. The summed E-state index contributed by atoms with van der Waals surface area (Å²) in [6.45, 7) is 2.01. The summed E-state index contributed by atoms with van der Waals surface area (Å²) in [6, 6.07) is 4.89. The molecule has 3 amide bonds. The first-order chi connectivity index (χ1) is 23.1. The van der Waals surface area contributed by atoms with E-state index in [2.05, 4.69) is 9.97 Å². The maximum absolute atomic E-state index is 14.6. The van der Waals surface area contributed by atoms with Gasteiger partial charge in [-0.05, 0) is 25.0 Å². The van der Waals surface area contributed by atoms with Crippen molar-refractivity contribution in [2.75, 3.05) is 19.6 Å². The third-order valence-corrected chi connectivity index (χ3v) is 9.50. The summed E-state index contributed by atoms with van der Waals surface area (Å²) in [6.07, 6.45) is -7.00. The number of carbonyl (C=O) groups is 3. The number of likely N-dealkylation sites (tertiary alicyclic amines) is 2. The molecule has 2 aliphatic heterocycles. The molecule has 2 saturated heterocycles. The quantitative estimate of drug-likeness (QED) is 0.271. The van der Waals surface area contributed by atoms with E-state index in [4.69, 9.17) is 15.2 Å². The highest BCUT2D eigenvalue weighted by Crippen LogP contribution is 2.43. The van der Waals surface area contributed by atoms with Gasteiger partial charge in [0.2, 0.25) is 11.5 Å². The van der Waals surface area contributed by atoms with Crippen molar-refractivity contribution in [1.82, 2.24) is 19.8 Å². The van der Waals surface area contributed by atoms with Crippen LogP contribution in [0.3, 0.4) is 0 Å². The maximum atomic E-state index is 14.6. The Labute approximate surface area is 281 Å². The molecule has 49 heavy (non-hydrogen) atoms. The minimum absolute atomic E-state index is 0.00307. The molecule has 2 fully saturated rings. The Morgan fingerprint density at radius 1 is 1.06 bits per heavy atom. The van der Waals surface area contributed by atoms with E-state index in [9.17, 15) is 40.7 Å². The van der Waals surface area contributed by atoms with Gasteiger partial charge in [0.1, 0.15) is 22.4 Å². The highest BCUT2D eigenvalue weighted by molar-refractivity contribution is 7.10. The second kappa shape index (κ2) is 14.2. The van der Waals surface area contributed by atoms with Gasteiger partial charge < -0.3 is 25.0 Å². The molecule has 3 aromatic heterocycles. The average Bonchev–Trinajstić information content (AvgIpc) is 3.54. The molecule has 264 valence electrons. The lowest BCUT2D eigenvalue weighted by Gasteiger charge is -2.50. The fraction of sp³-hybridized carbons (Fsp3) is 0.469. The molecule has 0 spiro atoms. The van der Waals surface area contributed by atoms with Crippen LogP contribution in [0.2, 0.25) is 0 Å². The van der Waals surface area contributed by atoms with Crippen LogP contribution in [-0.2, 0) is 17.1 Å². The van der Waals surface area contributed by atoms with E-state index >= 15 is 0 Å². The standard InChI is InChI=1S/C32H33F6N5O5S/c1-2-5-24-30(48-20-16-25(49-18-20)32(36,37)38,11-4-13-43(24)28(45)21-17-40-12-8-22(21)31(33,34)35)29(46)42-14-9-19(10-15-42)47-26-7-3-6-23(41-26)27(39)44/h3,6-8,12,16-19,24H,2,4-5,9-11,13-15H2,1H3,(H2,39,44)/t24-,30+/m1/s1. The lowest BCUT2D eigenvalue weighted by atomic mass is 9.79. The molecule has 10 nitrogen and oxygen atoms in total. The number of alkyl halides is 6. The number of nitrogens with two attached hydrogens (primary N) is 1. The van der Waals surface area contributed by atoms with Crippen LogP contribution >= 0.6 is 11.3 Å². The second-order valence-corrected chi connectivity index (χ2v) is 12.7. The zero-order chi connectivity index (χ0) is 35.6. The summed E-state index contributed by atoms with van der Waals surface area (Å²) in [5.41, 5.74) is 1.49. The van der Waals surface area contributed by atoms with Gasteiger partial charge >= 0.3 is 12.4 Å². The van der Waals surface area contributed by atoms with E-state index in [0.717, 1.165) is 23.8 Å². The molecule has 0 bridgehead atoms. The normalized spacial score (nSPS) is 20.6. The molecule has 0 unspecified atom stereocenters. The molecule has 2 N–H and O–H groups in total. The number of halogens is 6. The molecule has 5 rings (SSSR count). The fourth-order valence-electron chi connectivity index (χ4n) is 6.33. The van der Waals surface area contributed by atoms with Gasteiger partial charge in [-0.25, -0.2) is 4.98 Å². The number of hydrogen-bond donors (Lipinski definition) is 1. The van der Waals surface area contributed by atoms with Crippen molar-refractivity contribution in [2.24, 2.45) is 5.73 Å². The average molecular weight is 714 g/mol. The van der Waals surface area contributed by atoms with Crippen molar-refractivity contribution in [3.8, 4) is 11.6 Å². The predicted molar refractivity (Wildman–Crippen MR) is 164 cm³/mol. The van der Waals surface area contributed by atoms with Crippen molar-refractivity contribution in [2.45, 2.75) is 75.5 Å². The highest BCUT2D eigenvalue weighted by Gasteiger charge is 2.56. The van der Waals surface area contributed by atoms with Gasteiger partial charge in [0.05, 0.1) is 17.2 Å². The lowest BCUT2D eigenvalue weighted by molar-refractivity contribution is -0.161. The lowest BCUT2D eigenvalue weighted by Crippen LogP contribution is -2.68. The van der Waals surface area contributed by atoms with E-state index in [1.165, 1.54) is 15.9 Å². The van der Waals surface area contributed by atoms with Crippen LogP contribution in [0.15, 0.2) is 48.1 Å². The Kier molecular flexibility index (Phi) is 10.4. The first-order valence-corrected chi connectivity index (χ1v) is 16.4. The Balaban J connectivity index is 1.47. The molecule has 3 aromatic rings. The van der Waals surface area contributed by atoms with E-state index in [0.29, 0.717) is 36.7 Å². The number of pyridine rings is 2. The van der Waals surface area contributed by atoms with Crippen molar-refractivity contribution in [3.63, 3.8) is 0 Å². The number of thiophene rings is 1. The van der Waals surface area contributed by atoms with E-state index in [1.807, 2.05) is 0 Å². The van der Waals surface area contributed by atoms with Crippen LogP contribution in [0.4, 0.5) is 26.3 Å². The van der Waals surface area contributed by atoms with Crippen molar-refractivity contribution in [1.29, 1.82) is 0 Å². The van der Waals surface area contributed by atoms with Gasteiger partial charge in [0.15, 0.2) is 0 Å². The summed E-state index contributed by atoms with van der Waals surface area (Å²) in [7, 11) is 0. The van der Waals surface area contributed by atoms with Crippen LogP contribution in [-0.4, -0.2) is 74.9 Å². The van der Waals surface area contributed by atoms with Gasteiger partial charge in [0, 0.05) is 68.8 Å². The van der Waals surface area contributed by atoms with Gasteiger partial charge in [-0.3, -0.25) is 19.4 Å². The van der Waals surface area contributed by atoms with Crippen LogP contribution < -0.4 is 15.2 Å². The molecular weight excluding hydrogens is 680 g/mol. The summed E-state index contributed by atoms with van der Waals surface area (Å²) < 4.78 is 94.7. The molecule has 0 saturated carbocycles. The van der Waals surface area contributed by atoms with Crippen molar-refractivity contribution in [3.05, 3.63) is 69.8 Å². The smallest absolute Gasteiger partial charge is 0.425 e. The number of rotatable bonds is 9. The third-order valence-electron chi connectivity index (χ3n) is 8.55. The number of primary amides is 1. The summed E-state index contributed by atoms with van der Waals surface area (Å²) in [5, 5.41) is 1.12. The third kappa shape index (κ3) is 7.76. The van der Waals surface area contributed by atoms with Gasteiger partial charge in [-0.1, -0.05) is 19.4 Å². The molecule has 2 aliphatic rings. The largest absolute Gasteiger partial charge is 0.474 e. The predicted octanol–water partition coefficient (Wildman–Crippen LogP) is 5.97. The van der Waals surface area contributed by atoms with Crippen LogP contribution in [0.5, 0.6) is 11.6 Å². The minimum atomic E-state index is -4.87. The molecule has 2 atom stereocenters. The number of aromatic nitrogens is 2. The number of amides is 3. The van der Waals surface area contributed by atoms with Crippen LogP contribution in [0.1, 0.15) is 76.7 Å². The fourth-order valence-corrected chi connectivity index (χ4v) is 7.01. The number of piperidine rings is 2. The van der Waals surface area contributed by atoms with Crippen LogP contribution in [0, 0.1) is 0 Å². The van der Waals surface area contributed by atoms with E-state index in [1.54, 1.807) is 19.1 Å². The SMILES string of the molecule is CCC[C@H]1N(C(=O)c2cnccc2C(F)(F)F)CCC[C@@]1(Oc1csc(C(F)(F)F)c1)C(=O)N1CCC(Oc2cccc(C(N)=O)n2)CC1. The Bertz CT molecular complexity index is 1680. The summed E-state index contributed by atoms with van der Waals surface area (Å²) >= 11 is 0.378. The highest BCUT2D eigenvalue weighted by atomic mass is 32.1. The van der Waals surface area contributed by atoms with Crippen molar-refractivity contribution < 1.29 is 50.2 Å². The van der Waals surface area contributed by atoms with Crippen molar-refractivity contribution >= 4 is 29.1 Å². The number of carbonyl (C=O) groups excluding carboxylic acids is 3. The van der Waals surface area contributed by atoms with Gasteiger partial charge in [-0.2, -0.15) is 26.3 Å².